The lowest BCUT2D eigenvalue weighted by molar-refractivity contribution is -0.0733. The van der Waals surface area contributed by atoms with Crippen LogP contribution in [-0.2, 0) is 22.6 Å². The number of rotatable bonds is 7. The number of benzene rings is 1. The van der Waals surface area contributed by atoms with Gasteiger partial charge in [-0.15, -0.1) is 0 Å². The molecule has 0 N–H and O–H groups in total. The highest BCUT2D eigenvalue weighted by Gasteiger charge is 2.45. The number of ether oxygens (including phenoxy) is 2. The second kappa shape index (κ2) is 8.96. The minimum Gasteiger partial charge on any atom is -0.377 e. The average molecular weight is 367 g/mol. The molecule has 2 aliphatic rings. The summed E-state index contributed by atoms with van der Waals surface area (Å²) in [6, 6.07) is 14.8. The van der Waals surface area contributed by atoms with Crippen LogP contribution in [-0.4, -0.2) is 41.8 Å². The second-order valence-electron chi connectivity index (χ2n) is 7.86. The van der Waals surface area contributed by atoms with E-state index in [-0.39, 0.29) is 5.60 Å². The van der Waals surface area contributed by atoms with Gasteiger partial charge in [-0.2, -0.15) is 0 Å². The Bertz CT molecular complexity index is 684. The summed E-state index contributed by atoms with van der Waals surface area (Å²) in [7, 11) is 0. The molecule has 2 fully saturated rings. The van der Waals surface area contributed by atoms with Crippen LogP contribution in [0.15, 0.2) is 54.9 Å². The predicted molar refractivity (Wildman–Crippen MR) is 106 cm³/mol. The lowest BCUT2D eigenvalue weighted by atomic mass is 9.78. The van der Waals surface area contributed by atoms with E-state index in [0.717, 1.165) is 52.1 Å². The fourth-order valence-electron chi connectivity index (χ4n) is 4.57. The van der Waals surface area contributed by atoms with Crippen molar-refractivity contribution < 1.29 is 9.47 Å². The molecular formula is C23H30N2O2. The first kappa shape index (κ1) is 18.6. The van der Waals surface area contributed by atoms with Gasteiger partial charge in [0.25, 0.3) is 0 Å². The minimum atomic E-state index is 0.0905. The molecule has 0 aliphatic carbocycles. The fraction of sp³-hybridized carbons (Fsp3) is 0.522. The van der Waals surface area contributed by atoms with Crippen molar-refractivity contribution in [1.29, 1.82) is 0 Å². The van der Waals surface area contributed by atoms with Gasteiger partial charge in [-0.3, -0.25) is 9.88 Å². The highest BCUT2D eigenvalue weighted by atomic mass is 16.5. The van der Waals surface area contributed by atoms with E-state index >= 15 is 0 Å². The van der Waals surface area contributed by atoms with Gasteiger partial charge in [-0.25, -0.2) is 0 Å². The molecule has 0 unspecified atom stereocenters. The zero-order chi connectivity index (χ0) is 18.4. The number of pyridine rings is 1. The molecule has 0 bridgehead atoms. The molecular weight excluding hydrogens is 336 g/mol. The van der Waals surface area contributed by atoms with Crippen molar-refractivity contribution >= 4 is 0 Å². The first-order chi connectivity index (χ1) is 13.3. The van der Waals surface area contributed by atoms with Crippen molar-refractivity contribution in [3.8, 4) is 0 Å². The molecule has 2 saturated heterocycles. The maximum Gasteiger partial charge on any atom is 0.0736 e. The van der Waals surface area contributed by atoms with E-state index in [1.54, 1.807) is 0 Å². The summed E-state index contributed by atoms with van der Waals surface area (Å²) in [6.45, 7) is 5.71. The summed E-state index contributed by atoms with van der Waals surface area (Å²) in [6.07, 6.45) is 8.22. The molecule has 144 valence electrons. The lowest BCUT2D eigenvalue weighted by Crippen LogP contribution is -2.47. The highest BCUT2D eigenvalue weighted by Crippen LogP contribution is 2.42. The highest BCUT2D eigenvalue weighted by molar-refractivity contribution is 5.14. The molecule has 4 nitrogen and oxygen atoms in total. The zero-order valence-corrected chi connectivity index (χ0v) is 16.1. The summed E-state index contributed by atoms with van der Waals surface area (Å²) < 4.78 is 12.2. The first-order valence-electron chi connectivity index (χ1n) is 10.2. The van der Waals surface area contributed by atoms with Gasteiger partial charge in [0.1, 0.15) is 0 Å². The molecule has 1 aromatic heterocycles. The summed E-state index contributed by atoms with van der Waals surface area (Å²) in [5.74, 6) is 0.633. The van der Waals surface area contributed by atoms with Crippen LogP contribution in [0.3, 0.4) is 0 Å². The molecule has 0 radical (unpaired) electrons. The Morgan fingerprint density at radius 1 is 1.04 bits per heavy atom. The van der Waals surface area contributed by atoms with Crippen molar-refractivity contribution in [1.82, 2.24) is 9.88 Å². The van der Waals surface area contributed by atoms with Gasteiger partial charge in [0, 0.05) is 45.2 Å². The third-order valence-electron chi connectivity index (χ3n) is 6.18. The van der Waals surface area contributed by atoms with Crippen LogP contribution in [0.4, 0.5) is 0 Å². The molecule has 4 rings (SSSR count). The van der Waals surface area contributed by atoms with Gasteiger partial charge in [0.15, 0.2) is 0 Å². The predicted octanol–water partition coefficient (Wildman–Crippen LogP) is 4.06. The van der Waals surface area contributed by atoms with E-state index in [0.29, 0.717) is 12.5 Å². The van der Waals surface area contributed by atoms with Crippen LogP contribution in [0.25, 0.3) is 0 Å². The van der Waals surface area contributed by atoms with Crippen molar-refractivity contribution in [2.45, 2.75) is 44.4 Å². The van der Waals surface area contributed by atoms with Crippen molar-refractivity contribution in [3.63, 3.8) is 0 Å². The van der Waals surface area contributed by atoms with Crippen molar-refractivity contribution in [2.75, 3.05) is 26.3 Å². The third kappa shape index (κ3) is 4.75. The Morgan fingerprint density at radius 3 is 2.59 bits per heavy atom. The van der Waals surface area contributed by atoms with E-state index in [1.165, 1.54) is 17.5 Å². The number of nitrogens with zero attached hydrogens (tertiary/aromatic N) is 2. The summed E-state index contributed by atoms with van der Waals surface area (Å²) >= 11 is 0. The topological polar surface area (TPSA) is 34.6 Å². The largest absolute Gasteiger partial charge is 0.377 e. The van der Waals surface area contributed by atoms with Crippen LogP contribution in [0, 0.1) is 5.92 Å². The van der Waals surface area contributed by atoms with E-state index < -0.39 is 0 Å². The van der Waals surface area contributed by atoms with E-state index in [2.05, 4.69) is 40.2 Å². The standard InChI is InChI=1S/C23H30N2O2/c1-2-4-20(5-3-1)18-25-14-10-23(11-15-25)22(9-17-27-23)8-16-26-19-21-6-12-24-13-7-21/h1-7,12-13,22H,8-11,14-19H2/t22-/m0/s1. The van der Waals surface area contributed by atoms with Crippen LogP contribution < -0.4 is 0 Å². The Labute approximate surface area is 162 Å². The fourth-order valence-corrected chi connectivity index (χ4v) is 4.57. The van der Waals surface area contributed by atoms with E-state index in [4.69, 9.17) is 9.47 Å². The quantitative estimate of drug-likeness (QED) is 0.692. The Balaban J connectivity index is 1.23. The van der Waals surface area contributed by atoms with Crippen molar-refractivity contribution in [3.05, 3.63) is 66.0 Å². The molecule has 2 aliphatic heterocycles. The number of piperidine rings is 1. The molecule has 0 amide bonds. The molecule has 1 aromatic carbocycles. The van der Waals surface area contributed by atoms with Crippen LogP contribution in [0.2, 0.25) is 0 Å². The zero-order valence-electron chi connectivity index (χ0n) is 16.1. The summed E-state index contributed by atoms with van der Waals surface area (Å²) in [5.41, 5.74) is 2.69. The van der Waals surface area contributed by atoms with Gasteiger partial charge < -0.3 is 9.47 Å². The third-order valence-corrected chi connectivity index (χ3v) is 6.18. The molecule has 2 aromatic rings. The minimum absolute atomic E-state index is 0.0905. The van der Waals surface area contributed by atoms with E-state index in [1.807, 2.05) is 24.5 Å². The average Bonchev–Trinajstić information content (AvgIpc) is 3.11. The van der Waals surface area contributed by atoms with Gasteiger partial charge in [-0.05, 0) is 54.9 Å². The second-order valence-corrected chi connectivity index (χ2v) is 7.86. The Morgan fingerprint density at radius 2 is 1.81 bits per heavy atom. The van der Waals surface area contributed by atoms with Gasteiger partial charge in [0.2, 0.25) is 0 Å². The number of hydrogen-bond donors (Lipinski definition) is 0. The molecule has 3 heterocycles. The Hall–Kier alpha value is -1.75. The lowest BCUT2D eigenvalue weighted by Gasteiger charge is -2.42. The molecule has 1 atom stereocenters. The summed E-state index contributed by atoms with van der Waals surface area (Å²) in [5, 5.41) is 0. The van der Waals surface area contributed by atoms with Gasteiger partial charge in [0.05, 0.1) is 12.2 Å². The maximum absolute atomic E-state index is 6.32. The molecule has 1 spiro atoms. The van der Waals surface area contributed by atoms with Crippen LogP contribution in [0.1, 0.15) is 36.8 Å². The van der Waals surface area contributed by atoms with Crippen LogP contribution in [0.5, 0.6) is 0 Å². The maximum atomic E-state index is 6.32. The number of aromatic nitrogens is 1. The van der Waals surface area contributed by atoms with Gasteiger partial charge >= 0.3 is 0 Å². The first-order valence-corrected chi connectivity index (χ1v) is 10.2. The van der Waals surface area contributed by atoms with Crippen molar-refractivity contribution in [2.24, 2.45) is 5.92 Å². The van der Waals surface area contributed by atoms with Gasteiger partial charge in [-0.1, -0.05) is 30.3 Å². The molecule has 27 heavy (non-hydrogen) atoms. The monoisotopic (exact) mass is 366 g/mol. The Kier molecular flexibility index (Phi) is 6.17. The number of likely N-dealkylation sites (tertiary alicyclic amines) is 1. The SMILES string of the molecule is c1ccc(CN2CCC3(CC2)OCC[C@@H]3CCOCc2ccncc2)cc1. The molecule has 0 saturated carbocycles. The van der Waals surface area contributed by atoms with E-state index in [9.17, 15) is 0 Å². The van der Waals surface area contributed by atoms with Crippen LogP contribution >= 0.6 is 0 Å². The smallest absolute Gasteiger partial charge is 0.0736 e. The summed E-state index contributed by atoms with van der Waals surface area (Å²) in [4.78, 5) is 6.62. The number of hydrogen-bond acceptors (Lipinski definition) is 4. The normalized spacial score (nSPS) is 22.3. The molecule has 4 heteroatoms.